The minimum Gasteiger partial charge on any atom is -0.351 e. The molecule has 0 fully saturated rings. The number of nitrogens with one attached hydrogen (secondary N) is 1. The highest BCUT2D eigenvalue weighted by molar-refractivity contribution is 7.98. The lowest BCUT2D eigenvalue weighted by Gasteiger charge is -2.06. The molecule has 0 atom stereocenters. The van der Waals surface area contributed by atoms with Crippen molar-refractivity contribution in [3.63, 3.8) is 0 Å². The van der Waals surface area contributed by atoms with Gasteiger partial charge in [-0.25, -0.2) is 4.98 Å². The van der Waals surface area contributed by atoms with Gasteiger partial charge in [0.1, 0.15) is 11.2 Å². The summed E-state index contributed by atoms with van der Waals surface area (Å²) < 4.78 is 1.37. The van der Waals surface area contributed by atoms with Crippen LogP contribution >= 0.6 is 23.4 Å². The van der Waals surface area contributed by atoms with E-state index in [4.69, 9.17) is 11.6 Å². The highest BCUT2D eigenvalue weighted by atomic mass is 35.5. The Morgan fingerprint density at radius 1 is 1.20 bits per heavy atom. The van der Waals surface area contributed by atoms with Gasteiger partial charge in [-0.3, -0.25) is 14.0 Å². The number of aromatic nitrogens is 2. The van der Waals surface area contributed by atoms with Gasteiger partial charge in [0, 0.05) is 35.5 Å². The van der Waals surface area contributed by atoms with Gasteiger partial charge in [-0.1, -0.05) is 29.8 Å². The number of benzene rings is 1. The molecule has 5 nitrogen and oxygen atoms in total. The number of thioether (sulfide) groups is 1. The number of hydrogen-bond donors (Lipinski definition) is 1. The van der Waals surface area contributed by atoms with Gasteiger partial charge in [-0.15, -0.1) is 0 Å². The highest BCUT2D eigenvalue weighted by Crippen LogP contribution is 2.15. The second-order valence-corrected chi connectivity index (χ2v) is 6.88. The van der Waals surface area contributed by atoms with Crippen LogP contribution in [0.5, 0.6) is 0 Å². The van der Waals surface area contributed by atoms with E-state index in [2.05, 4.69) is 10.3 Å². The second kappa shape index (κ2) is 8.18. The van der Waals surface area contributed by atoms with Gasteiger partial charge < -0.3 is 5.32 Å². The molecule has 3 aromatic rings. The van der Waals surface area contributed by atoms with Crippen molar-refractivity contribution < 1.29 is 4.79 Å². The quantitative estimate of drug-likeness (QED) is 0.674. The predicted molar refractivity (Wildman–Crippen MR) is 101 cm³/mol. The maximum absolute atomic E-state index is 12.3. The van der Waals surface area contributed by atoms with Crippen LogP contribution < -0.4 is 10.9 Å². The number of hydrogen-bond acceptors (Lipinski definition) is 4. The van der Waals surface area contributed by atoms with Crippen molar-refractivity contribution in [1.82, 2.24) is 14.7 Å². The fourth-order valence-electron chi connectivity index (χ4n) is 2.29. The first-order chi connectivity index (χ1) is 12.1. The number of pyridine rings is 1. The Kier molecular flexibility index (Phi) is 5.73. The molecule has 1 amide bonds. The molecule has 0 saturated heterocycles. The molecule has 7 heteroatoms. The molecule has 0 saturated carbocycles. The molecular weight excluding hydrogens is 358 g/mol. The van der Waals surface area contributed by atoms with E-state index in [-0.39, 0.29) is 11.1 Å². The highest BCUT2D eigenvalue weighted by Gasteiger charge is 2.12. The zero-order valence-corrected chi connectivity index (χ0v) is 14.9. The number of amides is 1. The smallest absolute Gasteiger partial charge is 0.270 e. The van der Waals surface area contributed by atoms with Gasteiger partial charge in [0.15, 0.2) is 0 Å². The van der Waals surface area contributed by atoms with Crippen molar-refractivity contribution >= 4 is 34.9 Å². The van der Waals surface area contributed by atoms with E-state index in [9.17, 15) is 9.59 Å². The maximum Gasteiger partial charge on any atom is 0.270 e. The average molecular weight is 374 g/mol. The van der Waals surface area contributed by atoms with Gasteiger partial charge >= 0.3 is 0 Å². The fraction of sp³-hybridized carbons (Fsp3) is 0.167. The summed E-state index contributed by atoms with van der Waals surface area (Å²) in [5.74, 6) is 1.19. The summed E-state index contributed by atoms with van der Waals surface area (Å²) in [5.41, 5.74) is 1.38. The summed E-state index contributed by atoms with van der Waals surface area (Å²) in [4.78, 5) is 28.6. The van der Waals surface area contributed by atoms with Crippen LogP contribution in [0.15, 0.2) is 59.7 Å². The van der Waals surface area contributed by atoms with Crippen LogP contribution in [0.4, 0.5) is 0 Å². The van der Waals surface area contributed by atoms with Gasteiger partial charge in [0.25, 0.3) is 11.5 Å². The fourth-order valence-corrected chi connectivity index (χ4v) is 3.23. The van der Waals surface area contributed by atoms with Crippen LogP contribution in [-0.4, -0.2) is 27.6 Å². The predicted octanol–water partition coefficient (Wildman–Crippen LogP) is 3.01. The number of carbonyl (C=O) groups excluding carboxylic acids is 1. The normalized spacial score (nSPS) is 10.8. The zero-order chi connectivity index (χ0) is 17.6. The van der Waals surface area contributed by atoms with E-state index in [1.165, 1.54) is 16.2 Å². The standard InChI is InChI=1S/C18H16ClN3O2S/c19-14-6-4-13(5-7-14)12-25-10-8-20-17(23)15-11-21-16-3-1-2-9-22(16)18(15)24/h1-7,9,11H,8,10,12H2,(H,20,23). The maximum atomic E-state index is 12.3. The number of rotatable bonds is 6. The van der Waals surface area contributed by atoms with Crippen molar-refractivity contribution in [2.75, 3.05) is 12.3 Å². The Balaban J connectivity index is 1.52. The van der Waals surface area contributed by atoms with Crippen LogP contribution in [0.1, 0.15) is 15.9 Å². The lowest BCUT2D eigenvalue weighted by molar-refractivity contribution is 0.0954. The third-order valence-electron chi connectivity index (χ3n) is 3.57. The van der Waals surface area contributed by atoms with Crippen molar-refractivity contribution in [3.05, 3.63) is 81.4 Å². The number of fused-ring (bicyclic) bond motifs is 1. The Bertz CT molecular complexity index is 941. The van der Waals surface area contributed by atoms with Crippen LogP contribution in [0.2, 0.25) is 5.02 Å². The van der Waals surface area contributed by atoms with Gasteiger partial charge in [0.2, 0.25) is 0 Å². The average Bonchev–Trinajstić information content (AvgIpc) is 2.63. The van der Waals surface area contributed by atoms with E-state index < -0.39 is 5.91 Å². The van der Waals surface area contributed by atoms with Crippen molar-refractivity contribution in [3.8, 4) is 0 Å². The minimum absolute atomic E-state index is 0.0476. The molecule has 0 aliphatic heterocycles. The number of carbonyl (C=O) groups is 1. The van der Waals surface area contributed by atoms with Gasteiger partial charge in [-0.2, -0.15) is 11.8 Å². The summed E-state index contributed by atoms with van der Waals surface area (Å²) in [5, 5.41) is 3.48. The summed E-state index contributed by atoms with van der Waals surface area (Å²) in [7, 11) is 0. The van der Waals surface area contributed by atoms with Crippen LogP contribution in [0, 0.1) is 0 Å². The molecule has 0 radical (unpaired) electrons. The molecule has 0 bridgehead atoms. The lowest BCUT2D eigenvalue weighted by Crippen LogP contribution is -2.32. The number of halogens is 1. The third-order valence-corrected chi connectivity index (χ3v) is 4.85. The van der Waals surface area contributed by atoms with E-state index in [1.807, 2.05) is 24.3 Å². The van der Waals surface area contributed by atoms with E-state index in [1.54, 1.807) is 36.2 Å². The molecule has 0 aliphatic carbocycles. The molecule has 0 spiro atoms. The molecule has 1 N–H and O–H groups in total. The molecule has 25 heavy (non-hydrogen) atoms. The van der Waals surface area contributed by atoms with E-state index in [0.29, 0.717) is 12.2 Å². The second-order valence-electron chi connectivity index (χ2n) is 5.34. The first kappa shape index (κ1) is 17.5. The Morgan fingerprint density at radius 3 is 2.80 bits per heavy atom. The molecule has 2 aromatic heterocycles. The van der Waals surface area contributed by atoms with Crippen LogP contribution in [0.3, 0.4) is 0 Å². The Morgan fingerprint density at radius 2 is 2.00 bits per heavy atom. The molecule has 1 aromatic carbocycles. The molecular formula is C18H16ClN3O2S. The third kappa shape index (κ3) is 4.41. The summed E-state index contributed by atoms with van der Waals surface area (Å²) in [6, 6.07) is 12.9. The van der Waals surface area contributed by atoms with Gasteiger partial charge in [0.05, 0.1) is 0 Å². The molecule has 0 unspecified atom stereocenters. The van der Waals surface area contributed by atoms with Crippen molar-refractivity contribution in [1.29, 1.82) is 0 Å². The molecule has 0 aliphatic rings. The van der Waals surface area contributed by atoms with Crippen LogP contribution in [-0.2, 0) is 5.75 Å². The van der Waals surface area contributed by atoms with Gasteiger partial charge in [-0.05, 0) is 29.8 Å². The molecule has 2 heterocycles. The molecule has 3 rings (SSSR count). The first-order valence-corrected chi connectivity index (χ1v) is 9.25. The Hall–Kier alpha value is -2.31. The summed E-state index contributed by atoms with van der Waals surface area (Å²) in [6.07, 6.45) is 2.93. The van der Waals surface area contributed by atoms with Crippen LogP contribution in [0.25, 0.3) is 5.65 Å². The van der Waals surface area contributed by atoms with E-state index in [0.717, 1.165) is 16.5 Å². The largest absolute Gasteiger partial charge is 0.351 e. The number of nitrogens with zero attached hydrogens (tertiary/aromatic N) is 2. The monoisotopic (exact) mass is 373 g/mol. The summed E-state index contributed by atoms with van der Waals surface area (Å²) >= 11 is 7.55. The topological polar surface area (TPSA) is 63.5 Å². The zero-order valence-electron chi connectivity index (χ0n) is 13.3. The SMILES string of the molecule is O=C(NCCSCc1ccc(Cl)cc1)c1cnc2ccccn2c1=O. The molecule has 128 valence electrons. The minimum atomic E-state index is -0.400. The van der Waals surface area contributed by atoms with E-state index >= 15 is 0 Å². The van der Waals surface area contributed by atoms with Crippen molar-refractivity contribution in [2.24, 2.45) is 0 Å². The summed E-state index contributed by atoms with van der Waals surface area (Å²) in [6.45, 7) is 0.480. The first-order valence-electron chi connectivity index (χ1n) is 7.72. The van der Waals surface area contributed by atoms with Crippen molar-refractivity contribution in [2.45, 2.75) is 5.75 Å². The Labute approximate surface area is 154 Å². The lowest BCUT2D eigenvalue weighted by atomic mass is 10.2.